The molecule has 0 saturated carbocycles. The third kappa shape index (κ3) is 4.14. The summed E-state index contributed by atoms with van der Waals surface area (Å²) in [6.07, 6.45) is 0. The zero-order valence-corrected chi connectivity index (χ0v) is 17.0. The maximum atomic E-state index is 14.0. The number of hydrogen-bond acceptors (Lipinski definition) is 4. The van der Waals surface area contributed by atoms with Crippen molar-refractivity contribution in [3.05, 3.63) is 48.1 Å². The first-order valence-electron chi connectivity index (χ1n) is 6.56. The Hall–Kier alpha value is -1.35. The van der Waals surface area contributed by atoms with Gasteiger partial charge < -0.3 is 19.3 Å². The van der Waals surface area contributed by atoms with Crippen molar-refractivity contribution >= 4 is 51.2 Å². The van der Waals surface area contributed by atoms with Crippen LogP contribution < -0.4 is 9.47 Å². The second-order valence-electron chi connectivity index (χ2n) is 4.63. The van der Waals surface area contributed by atoms with Crippen molar-refractivity contribution in [3.8, 4) is 17.2 Å². The molecule has 1 N–H and O–H groups in total. The van der Waals surface area contributed by atoms with E-state index >= 15 is 0 Å². The summed E-state index contributed by atoms with van der Waals surface area (Å²) in [4.78, 5) is 10.7. The summed E-state index contributed by atoms with van der Waals surface area (Å²) in [6.45, 7) is -0.0392. The van der Waals surface area contributed by atoms with Crippen molar-refractivity contribution < 1.29 is 41.7 Å². The van der Waals surface area contributed by atoms with E-state index in [1.54, 1.807) is 0 Å². The van der Waals surface area contributed by atoms with Crippen LogP contribution in [-0.2, 0) is 4.74 Å². The predicted octanol–water partition coefficient (Wildman–Crippen LogP) is 4.93. The molecule has 5 nitrogen and oxygen atoms in total. The van der Waals surface area contributed by atoms with Gasteiger partial charge in [-0.15, -0.1) is 0 Å². The van der Waals surface area contributed by atoms with Crippen LogP contribution in [0.2, 0.25) is 0 Å². The molecule has 2 aromatic rings. The fourth-order valence-electron chi connectivity index (χ4n) is 1.86. The van der Waals surface area contributed by atoms with Crippen LogP contribution in [0.15, 0.2) is 12.1 Å². The Balaban J connectivity index is 2.48. The molecule has 2 aromatic carbocycles. The lowest BCUT2D eigenvalue weighted by atomic mass is 10.1. The summed E-state index contributed by atoms with van der Waals surface area (Å²) in [5, 5.41) is 8.67. The van der Waals surface area contributed by atoms with Crippen LogP contribution in [0.1, 0.15) is 10.4 Å². The SMILES string of the molecule is COCOc1c(I)cc(Oc2c(F)c(F)c(C(=O)O)c(F)c2F)cc1I. The number of ether oxygens (including phenoxy) is 3. The van der Waals surface area contributed by atoms with E-state index in [0.29, 0.717) is 12.9 Å². The molecular formula is C15H8F4I2O5. The van der Waals surface area contributed by atoms with E-state index in [0.717, 1.165) is 0 Å². The number of rotatable bonds is 6. The van der Waals surface area contributed by atoms with Crippen molar-refractivity contribution in [1.29, 1.82) is 0 Å². The summed E-state index contributed by atoms with van der Waals surface area (Å²) in [6, 6.07) is 2.63. The summed E-state index contributed by atoms with van der Waals surface area (Å²) in [5.41, 5.74) is -1.74. The molecule has 0 heterocycles. The predicted molar refractivity (Wildman–Crippen MR) is 97.7 cm³/mol. The van der Waals surface area contributed by atoms with E-state index < -0.39 is 40.6 Å². The summed E-state index contributed by atoms with van der Waals surface area (Å²) < 4.78 is 71.4. The molecular weight excluding hydrogens is 590 g/mol. The Morgan fingerprint density at radius 2 is 1.50 bits per heavy atom. The average molecular weight is 598 g/mol. The lowest BCUT2D eigenvalue weighted by Gasteiger charge is -2.14. The normalized spacial score (nSPS) is 10.7. The van der Waals surface area contributed by atoms with Gasteiger partial charge in [-0.05, 0) is 57.3 Å². The molecule has 11 heteroatoms. The molecule has 26 heavy (non-hydrogen) atoms. The number of halogens is 6. The van der Waals surface area contributed by atoms with Crippen LogP contribution in [0.25, 0.3) is 0 Å². The maximum Gasteiger partial charge on any atom is 0.341 e. The summed E-state index contributed by atoms with van der Waals surface area (Å²) in [5.74, 6) is -11.3. The van der Waals surface area contributed by atoms with Crippen LogP contribution in [0, 0.1) is 30.4 Å². The quantitative estimate of drug-likeness (QED) is 0.222. The van der Waals surface area contributed by atoms with Crippen LogP contribution in [0.5, 0.6) is 17.2 Å². The largest absolute Gasteiger partial charge is 0.477 e. The first-order valence-corrected chi connectivity index (χ1v) is 8.72. The molecule has 0 radical (unpaired) electrons. The van der Waals surface area contributed by atoms with E-state index in [4.69, 9.17) is 19.3 Å². The lowest BCUT2D eigenvalue weighted by Crippen LogP contribution is -2.11. The van der Waals surface area contributed by atoms with Crippen molar-refractivity contribution in [3.63, 3.8) is 0 Å². The molecule has 0 atom stereocenters. The van der Waals surface area contributed by atoms with Crippen LogP contribution in [0.4, 0.5) is 17.6 Å². The smallest absolute Gasteiger partial charge is 0.341 e. The highest BCUT2D eigenvalue weighted by molar-refractivity contribution is 14.1. The van der Waals surface area contributed by atoms with Gasteiger partial charge in [0, 0.05) is 7.11 Å². The number of hydrogen-bond donors (Lipinski definition) is 1. The molecule has 0 bridgehead atoms. The fourth-order valence-corrected chi connectivity index (χ4v) is 3.88. The van der Waals surface area contributed by atoms with E-state index in [1.165, 1.54) is 19.2 Å². The number of aromatic carboxylic acids is 1. The number of carbonyl (C=O) groups is 1. The topological polar surface area (TPSA) is 65.0 Å². The van der Waals surface area contributed by atoms with Gasteiger partial charge in [0.1, 0.15) is 17.1 Å². The molecule has 0 saturated heterocycles. The van der Waals surface area contributed by atoms with Crippen LogP contribution in [0.3, 0.4) is 0 Å². The number of benzene rings is 2. The van der Waals surface area contributed by atoms with Gasteiger partial charge >= 0.3 is 5.97 Å². The van der Waals surface area contributed by atoms with Gasteiger partial charge in [0.2, 0.25) is 17.4 Å². The second-order valence-corrected chi connectivity index (χ2v) is 6.96. The number of carboxylic acid groups (broad SMARTS) is 1. The van der Waals surface area contributed by atoms with Gasteiger partial charge in [-0.2, -0.15) is 8.78 Å². The minimum atomic E-state index is -2.15. The van der Waals surface area contributed by atoms with Gasteiger partial charge in [0.05, 0.1) is 7.14 Å². The number of carboxylic acids is 1. The highest BCUT2D eigenvalue weighted by atomic mass is 127. The zero-order valence-electron chi connectivity index (χ0n) is 12.7. The molecule has 0 amide bonds. The fraction of sp³-hybridized carbons (Fsp3) is 0.133. The van der Waals surface area contributed by atoms with Gasteiger partial charge in [-0.1, -0.05) is 0 Å². The van der Waals surface area contributed by atoms with E-state index in [-0.39, 0.29) is 12.5 Å². The third-order valence-electron chi connectivity index (χ3n) is 2.95. The Morgan fingerprint density at radius 1 is 1.00 bits per heavy atom. The minimum Gasteiger partial charge on any atom is -0.477 e. The van der Waals surface area contributed by atoms with Gasteiger partial charge in [-0.3, -0.25) is 0 Å². The summed E-state index contributed by atoms with van der Waals surface area (Å²) in [7, 11) is 1.42. The highest BCUT2D eigenvalue weighted by Gasteiger charge is 2.30. The average Bonchev–Trinajstić information content (AvgIpc) is 2.56. The molecule has 0 spiro atoms. The second kappa shape index (κ2) is 8.56. The van der Waals surface area contributed by atoms with Crippen LogP contribution >= 0.6 is 45.2 Å². The standard InChI is InChI=1S/C15H8F4I2O5/c1-24-4-25-13-6(20)2-5(3-7(13)21)26-14-11(18)9(16)8(15(22)23)10(17)12(14)19/h2-3H,4H2,1H3,(H,22,23). The molecule has 0 aliphatic heterocycles. The van der Waals surface area contributed by atoms with Gasteiger partial charge in [0.25, 0.3) is 0 Å². The van der Waals surface area contributed by atoms with E-state index in [2.05, 4.69) is 0 Å². The highest BCUT2D eigenvalue weighted by Crippen LogP contribution is 2.37. The zero-order chi connectivity index (χ0) is 19.6. The van der Waals surface area contributed by atoms with Gasteiger partial charge in [0.15, 0.2) is 18.4 Å². The van der Waals surface area contributed by atoms with Crippen molar-refractivity contribution in [2.75, 3.05) is 13.9 Å². The Labute approximate surface area is 171 Å². The maximum absolute atomic E-state index is 14.0. The molecule has 0 unspecified atom stereocenters. The Kier molecular flexibility index (Phi) is 6.90. The lowest BCUT2D eigenvalue weighted by molar-refractivity contribution is 0.0498. The molecule has 0 fully saturated rings. The Bertz CT molecular complexity index is 824. The first kappa shape index (κ1) is 21.0. The third-order valence-corrected chi connectivity index (χ3v) is 4.55. The molecule has 2 rings (SSSR count). The molecule has 0 aromatic heterocycles. The first-order chi connectivity index (χ1) is 12.2. The van der Waals surface area contributed by atoms with Crippen molar-refractivity contribution in [1.82, 2.24) is 0 Å². The van der Waals surface area contributed by atoms with Crippen molar-refractivity contribution in [2.24, 2.45) is 0 Å². The van der Waals surface area contributed by atoms with Crippen molar-refractivity contribution in [2.45, 2.75) is 0 Å². The molecule has 0 aliphatic carbocycles. The number of methoxy groups -OCH3 is 1. The van der Waals surface area contributed by atoms with Gasteiger partial charge in [-0.25, -0.2) is 13.6 Å². The summed E-state index contributed by atoms with van der Waals surface area (Å²) >= 11 is 3.72. The van der Waals surface area contributed by atoms with E-state index in [9.17, 15) is 22.4 Å². The van der Waals surface area contributed by atoms with Crippen LogP contribution in [-0.4, -0.2) is 25.0 Å². The minimum absolute atomic E-state index is 0.0392. The monoisotopic (exact) mass is 598 g/mol. The van der Waals surface area contributed by atoms with E-state index in [1.807, 2.05) is 45.2 Å². The molecule has 0 aliphatic rings. The molecule has 140 valence electrons. The Morgan fingerprint density at radius 3 is 1.92 bits per heavy atom.